The van der Waals surface area contributed by atoms with Gasteiger partial charge in [0.25, 0.3) is 0 Å². The Morgan fingerprint density at radius 2 is 1.93 bits per heavy atom. The fourth-order valence-electron chi connectivity index (χ4n) is 0.571. The molecule has 0 unspecified atom stereocenters. The van der Waals surface area contributed by atoms with Gasteiger partial charge in [-0.3, -0.25) is 4.79 Å². The second kappa shape index (κ2) is 5.14. The Balaban J connectivity index is 3.80. The standard InChI is InChI=1S/C7H12F4N2O/c1-13(2)5(14)3-12-4-7(10,11)6(8)9/h6,12H,3-4H2,1-2H3. The van der Waals surface area contributed by atoms with E-state index >= 15 is 0 Å². The number of hydrogen-bond donors (Lipinski definition) is 1. The molecule has 0 aromatic rings. The number of likely N-dealkylation sites (N-methyl/N-ethyl adjacent to an activating group) is 1. The molecule has 0 bridgehead atoms. The van der Waals surface area contributed by atoms with Crippen LogP contribution in [0.2, 0.25) is 0 Å². The lowest BCUT2D eigenvalue weighted by molar-refractivity contribution is -0.132. The molecule has 0 aliphatic carbocycles. The zero-order valence-corrected chi connectivity index (χ0v) is 7.86. The molecule has 3 nitrogen and oxygen atoms in total. The second-order valence-electron chi connectivity index (χ2n) is 2.95. The molecule has 0 aliphatic heterocycles. The molecule has 0 saturated carbocycles. The summed E-state index contributed by atoms with van der Waals surface area (Å²) in [6, 6.07) is 0. The van der Waals surface area contributed by atoms with Gasteiger partial charge in [-0.05, 0) is 0 Å². The van der Waals surface area contributed by atoms with E-state index in [1.165, 1.54) is 19.0 Å². The maximum absolute atomic E-state index is 12.3. The second-order valence-corrected chi connectivity index (χ2v) is 2.95. The predicted molar refractivity (Wildman–Crippen MR) is 42.5 cm³/mol. The number of nitrogens with zero attached hydrogens (tertiary/aromatic N) is 1. The monoisotopic (exact) mass is 216 g/mol. The largest absolute Gasteiger partial charge is 0.348 e. The average Bonchev–Trinajstić information content (AvgIpc) is 2.03. The molecule has 0 aromatic heterocycles. The lowest BCUT2D eigenvalue weighted by atomic mass is 10.3. The first-order chi connectivity index (χ1) is 6.27. The number of alkyl halides is 4. The molecule has 0 heterocycles. The van der Waals surface area contributed by atoms with Crippen LogP contribution < -0.4 is 5.32 Å². The third-order valence-corrected chi connectivity index (χ3v) is 1.45. The van der Waals surface area contributed by atoms with Crippen LogP contribution in [0.3, 0.4) is 0 Å². The van der Waals surface area contributed by atoms with E-state index in [-0.39, 0.29) is 6.54 Å². The van der Waals surface area contributed by atoms with Crippen molar-refractivity contribution in [2.75, 3.05) is 27.2 Å². The first kappa shape index (κ1) is 13.2. The van der Waals surface area contributed by atoms with Gasteiger partial charge in [0.15, 0.2) is 0 Å². The summed E-state index contributed by atoms with van der Waals surface area (Å²) < 4.78 is 47.7. The van der Waals surface area contributed by atoms with Crippen LogP contribution >= 0.6 is 0 Å². The van der Waals surface area contributed by atoms with Gasteiger partial charge in [0.05, 0.1) is 13.1 Å². The van der Waals surface area contributed by atoms with Crippen molar-refractivity contribution in [3.05, 3.63) is 0 Å². The van der Waals surface area contributed by atoms with Crippen molar-refractivity contribution < 1.29 is 22.4 Å². The van der Waals surface area contributed by atoms with E-state index in [0.29, 0.717) is 0 Å². The zero-order chi connectivity index (χ0) is 11.4. The number of halogens is 4. The van der Waals surface area contributed by atoms with Crippen LogP contribution in [0.1, 0.15) is 0 Å². The summed E-state index contributed by atoms with van der Waals surface area (Å²) in [6.07, 6.45) is -3.72. The third-order valence-electron chi connectivity index (χ3n) is 1.45. The van der Waals surface area contributed by atoms with E-state index in [4.69, 9.17) is 0 Å². The summed E-state index contributed by atoms with van der Waals surface area (Å²) in [6.45, 7) is -1.58. The van der Waals surface area contributed by atoms with E-state index in [9.17, 15) is 22.4 Å². The van der Waals surface area contributed by atoms with Crippen molar-refractivity contribution in [3.8, 4) is 0 Å². The van der Waals surface area contributed by atoms with Gasteiger partial charge in [0.2, 0.25) is 5.91 Å². The molecule has 1 amide bonds. The van der Waals surface area contributed by atoms with Crippen LogP contribution in [0, 0.1) is 0 Å². The van der Waals surface area contributed by atoms with Gasteiger partial charge in [-0.1, -0.05) is 0 Å². The zero-order valence-electron chi connectivity index (χ0n) is 7.86. The predicted octanol–water partition coefficient (Wildman–Crippen LogP) is 0.565. The minimum absolute atomic E-state index is 0.380. The van der Waals surface area contributed by atoms with E-state index in [2.05, 4.69) is 0 Å². The van der Waals surface area contributed by atoms with Crippen LogP contribution in [0.5, 0.6) is 0 Å². The Labute approximate surface area is 79.1 Å². The minimum atomic E-state index is -4.09. The number of hydrogen-bond acceptors (Lipinski definition) is 2. The summed E-state index contributed by atoms with van der Waals surface area (Å²) in [7, 11) is 2.88. The van der Waals surface area contributed by atoms with E-state index in [1.54, 1.807) is 0 Å². The number of rotatable bonds is 5. The SMILES string of the molecule is CN(C)C(=O)CNCC(F)(F)C(F)F. The van der Waals surface area contributed by atoms with Crippen LogP contribution in [0.4, 0.5) is 17.6 Å². The first-order valence-electron chi connectivity index (χ1n) is 3.84. The van der Waals surface area contributed by atoms with Crippen molar-refractivity contribution in [3.63, 3.8) is 0 Å². The van der Waals surface area contributed by atoms with Gasteiger partial charge >= 0.3 is 12.3 Å². The van der Waals surface area contributed by atoms with E-state index < -0.39 is 24.8 Å². The quantitative estimate of drug-likeness (QED) is 0.681. The average molecular weight is 216 g/mol. The molecule has 0 aliphatic rings. The summed E-state index contributed by atoms with van der Waals surface area (Å²) in [5.41, 5.74) is 0. The molecule has 7 heteroatoms. The molecule has 0 radical (unpaired) electrons. The number of carbonyl (C=O) groups is 1. The topological polar surface area (TPSA) is 32.3 Å². The van der Waals surface area contributed by atoms with Gasteiger partial charge in [0, 0.05) is 14.1 Å². The van der Waals surface area contributed by atoms with Gasteiger partial charge in [-0.2, -0.15) is 8.78 Å². The van der Waals surface area contributed by atoms with Crippen LogP contribution in [0.25, 0.3) is 0 Å². The van der Waals surface area contributed by atoms with Crippen molar-refractivity contribution in [2.24, 2.45) is 0 Å². The molecule has 0 fully saturated rings. The Kier molecular flexibility index (Phi) is 4.82. The molecular formula is C7H12F4N2O. The van der Waals surface area contributed by atoms with Crippen molar-refractivity contribution >= 4 is 5.91 Å². The highest BCUT2D eigenvalue weighted by atomic mass is 19.3. The van der Waals surface area contributed by atoms with Crippen molar-refractivity contribution in [1.82, 2.24) is 10.2 Å². The normalized spacial score (nSPS) is 11.9. The first-order valence-corrected chi connectivity index (χ1v) is 3.84. The molecule has 0 atom stereocenters. The maximum atomic E-state index is 12.3. The Morgan fingerprint density at radius 1 is 1.43 bits per heavy atom. The van der Waals surface area contributed by atoms with Crippen molar-refractivity contribution in [2.45, 2.75) is 12.3 Å². The van der Waals surface area contributed by atoms with Crippen LogP contribution in [0.15, 0.2) is 0 Å². The summed E-state index contributed by atoms with van der Waals surface area (Å²) in [5.74, 6) is -4.54. The molecule has 14 heavy (non-hydrogen) atoms. The lowest BCUT2D eigenvalue weighted by Gasteiger charge is -2.16. The number of amides is 1. The third kappa shape index (κ3) is 4.40. The van der Waals surface area contributed by atoms with E-state index in [0.717, 1.165) is 0 Å². The molecule has 84 valence electrons. The molecular weight excluding hydrogens is 204 g/mol. The Hall–Kier alpha value is -0.850. The number of nitrogens with one attached hydrogen (secondary N) is 1. The summed E-state index contributed by atoms with van der Waals surface area (Å²) in [5, 5.41) is 1.97. The number of carbonyl (C=O) groups excluding carboxylic acids is 1. The smallest absolute Gasteiger partial charge is 0.319 e. The van der Waals surface area contributed by atoms with Crippen molar-refractivity contribution in [1.29, 1.82) is 0 Å². The van der Waals surface area contributed by atoms with Gasteiger partial charge in [-0.25, -0.2) is 8.78 Å². The van der Waals surface area contributed by atoms with Gasteiger partial charge in [0.1, 0.15) is 0 Å². The highest BCUT2D eigenvalue weighted by molar-refractivity contribution is 5.77. The molecule has 0 aromatic carbocycles. The van der Waals surface area contributed by atoms with E-state index in [1.807, 2.05) is 5.32 Å². The van der Waals surface area contributed by atoms with Gasteiger partial charge < -0.3 is 10.2 Å². The Bertz CT molecular complexity index is 196. The molecule has 0 rings (SSSR count). The molecule has 0 spiro atoms. The van der Waals surface area contributed by atoms with Crippen LogP contribution in [-0.2, 0) is 4.79 Å². The lowest BCUT2D eigenvalue weighted by Crippen LogP contribution is -2.42. The highest BCUT2D eigenvalue weighted by Crippen LogP contribution is 2.21. The fraction of sp³-hybridized carbons (Fsp3) is 0.857. The maximum Gasteiger partial charge on any atom is 0.319 e. The fourth-order valence-corrected chi connectivity index (χ4v) is 0.571. The van der Waals surface area contributed by atoms with Gasteiger partial charge in [-0.15, -0.1) is 0 Å². The molecule has 1 N–H and O–H groups in total. The molecule has 0 saturated heterocycles. The summed E-state index contributed by atoms with van der Waals surface area (Å²) >= 11 is 0. The minimum Gasteiger partial charge on any atom is -0.348 e. The summed E-state index contributed by atoms with van der Waals surface area (Å²) in [4.78, 5) is 12.0. The van der Waals surface area contributed by atoms with Crippen LogP contribution in [-0.4, -0.2) is 50.3 Å². The Morgan fingerprint density at radius 3 is 2.29 bits per heavy atom. The highest BCUT2D eigenvalue weighted by Gasteiger charge is 2.40.